The molecule has 0 saturated carbocycles. The van der Waals surface area contributed by atoms with E-state index in [2.05, 4.69) is 15.5 Å². The summed E-state index contributed by atoms with van der Waals surface area (Å²) in [5.74, 6) is 6.79. The highest BCUT2D eigenvalue weighted by Crippen LogP contribution is 2.24. The summed E-state index contributed by atoms with van der Waals surface area (Å²) in [6.45, 7) is 2.54. The van der Waals surface area contributed by atoms with Crippen LogP contribution >= 0.6 is 23.1 Å². The van der Waals surface area contributed by atoms with Crippen molar-refractivity contribution in [3.63, 3.8) is 0 Å². The molecule has 0 atom stereocenters. The molecule has 1 amide bonds. The van der Waals surface area contributed by atoms with Gasteiger partial charge in [0.25, 0.3) is 0 Å². The number of carbonyl (C=O) groups is 1. The van der Waals surface area contributed by atoms with E-state index in [-0.39, 0.29) is 11.7 Å². The molecule has 0 aliphatic carbocycles. The number of thioether (sulfide) groups is 1. The Hall–Kier alpha value is -2.32. The van der Waals surface area contributed by atoms with E-state index in [9.17, 15) is 4.79 Å². The van der Waals surface area contributed by atoms with Crippen molar-refractivity contribution in [2.45, 2.75) is 18.6 Å². The first kappa shape index (κ1) is 16.5. The lowest BCUT2D eigenvalue weighted by atomic mass is 10.1. The number of amides is 1. The van der Waals surface area contributed by atoms with Crippen LogP contribution in [0.25, 0.3) is 10.7 Å². The zero-order valence-electron chi connectivity index (χ0n) is 13.1. The smallest absolute Gasteiger partial charge is 0.230 e. The standard InChI is InChI=1S/C16H17N5OS2/c1-11-5-2-3-6-12(11)9-18-14(22)10-24-16-20-19-15(21(16)17)13-7-4-8-23-13/h2-8H,9-10,17H2,1H3,(H,18,22). The molecular formula is C16H17N5OS2. The molecule has 0 unspecified atom stereocenters. The molecule has 0 bridgehead atoms. The molecule has 3 rings (SSSR count). The zero-order valence-corrected chi connectivity index (χ0v) is 14.7. The van der Waals surface area contributed by atoms with Crippen LogP contribution in [-0.4, -0.2) is 26.5 Å². The Kier molecular flexibility index (Phi) is 5.17. The normalized spacial score (nSPS) is 10.7. The lowest BCUT2D eigenvalue weighted by molar-refractivity contribution is -0.118. The Bertz CT molecular complexity index is 829. The summed E-state index contributed by atoms with van der Waals surface area (Å²) in [6, 6.07) is 11.8. The van der Waals surface area contributed by atoms with E-state index in [0.29, 0.717) is 17.5 Å². The topological polar surface area (TPSA) is 85.8 Å². The number of nitrogens with one attached hydrogen (secondary N) is 1. The van der Waals surface area contributed by atoms with Crippen molar-refractivity contribution < 1.29 is 4.79 Å². The quantitative estimate of drug-likeness (QED) is 0.521. The number of carbonyl (C=O) groups excluding carboxylic acids is 1. The van der Waals surface area contributed by atoms with Gasteiger partial charge in [0.1, 0.15) is 0 Å². The number of benzene rings is 1. The highest BCUT2D eigenvalue weighted by Gasteiger charge is 2.14. The van der Waals surface area contributed by atoms with E-state index in [4.69, 9.17) is 5.84 Å². The van der Waals surface area contributed by atoms with Gasteiger partial charge in [-0.05, 0) is 29.5 Å². The van der Waals surface area contributed by atoms with Crippen LogP contribution in [0.5, 0.6) is 0 Å². The number of thiophene rings is 1. The van der Waals surface area contributed by atoms with E-state index in [1.54, 1.807) is 11.3 Å². The highest BCUT2D eigenvalue weighted by atomic mass is 32.2. The fraction of sp³-hybridized carbons (Fsp3) is 0.188. The first-order valence-electron chi connectivity index (χ1n) is 7.33. The van der Waals surface area contributed by atoms with Crippen molar-refractivity contribution in [1.29, 1.82) is 0 Å². The largest absolute Gasteiger partial charge is 0.351 e. The average molecular weight is 359 g/mol. The van der Waals surface area contributed by atoms with Gasteiger partial charge in [0.15, 0.2) is 5.82 Å². The van der Waals surface area contributed by atoms with Crippen LogP contribution < -0.4 is 11.2 Å². The molecule has 8 heteroatoms. The van der Waals surface area contributed by atoms with Gasteiger partial charge in [-0.3, -0.25) is 4.79 Å². The number of hydrogen-bond donors (Lipinski definition) is 2. The van der Waals surface area contributed by atoms with Crippen molar-refractivity contribution >= 4 is 29.0 Å². The van der Waals surface area contributed by atoms with Crippen molar-refractivity contribution in [1.82, 2.24) is 20.2 Å². The number of nitrogens with zero attached hydrogens (tertiary/aromatic N) is 3. The second kappa shape index (κ2) is 7.50. The number of aryl methyl sites for hydroxylation is 1. The maximum absolute atomic E-state index is 12.0. The number of nitrogen functional groups attached to an aromatic ring is 1. The van der Waals surface area contributed by atoms with E-state index >= 15 is 0 Å². The van der Waals surface area contributed by atoms with Crippen molar-refractivity contribution in [2.24, 2.45) is 0 Å². The Morgan fingerprint density at radius 1 is 1.29 bits per heavy atom. The Balaban J connectivity index is 1.54. The van der Waals surface area contributed by atoms with Crippen LogP contribution in [0.15, 0.2) is 46.9 Å². The van der Waals surface area contributed by atoms with Gasteiger partial charge >= 0.3 is 0 Å². The molecule has 0 saturated heterocycles. The van der Waals surface area contributed by atoms with Crippen molar-refractivity contribution in [3.8, 4) is 10.7 Å². The highest BCUT2D eigenvalue weighted by molar-refractivity contribution is 7.99. The predicted octanol–water partition coefficient (Wildman–Crippen LogP) is 2.44. The van der Waals surface area contributed by atoms with Gasteiger partial charge in [-0.1, -0.05) is 42.1 Å². The molecule has 1 aromatic carbocycles. The van der Waals surface area contributed by atoms with E-state index in [1.807, 2.05) is 48.7 Å². The van der Waals surface area contributed by atoms with Gasteiger partial charge in [-0.15, -0.1) is 21.5 Å². The molecule has 0 radical (unpaired) electrons. The van der Waals surface area contributed by atoms with Gasteiger partial charge in [-0.25, -0.2) is 4.68 Å². The lowest BCUT2D eigenvalue weighted by Crippen LogP contribution is -2.25. The summed E-state index contributed by atoms with van der Waals surface area (Å²) < 4.78 is 1.42. The molecule has 0 aliphatic rings. The molecule has 124 valence electrons. The SMILES string of the molecule is Cc1ccccc1CNC(=O)CSc1nnc(-c2cccs2)n1N. The van der Waals surface area contributed by atoms with Gasteiger partial charge in [0.2, 0.25) is 11.1 Å². The summed E-state index contributed by atoms with van der Waals surface area (Å²) in [5, 5.41) is 13.5. The average Bonchev–Trinajstić information content (AvgIpc) is 3.22. The minimum absolute atomic E-state index is 0.0658. The fourth-order valence-corrected chi connectivity index (χ4v) is 3.52. The maximum Gasteiger partial charge on any atom is 0.230 e. The van der Waals surface area contributed by atoms with E-state index in [0.717, 1.165) is 16.0 Å². The summed E-state index contributed by atoms with van der Waals surface area (Å²) in [6.07, 6.45) is 0. The molecule has 2 aromatic heterocycles. The van der Waals surface area contributed by atoms with Gasteiger partial charge < -0.3 is 11.2 Å². The fourth-order valence-electron chi connectivity index (χ4n) is 2.13. The summed E-state index contributed by atoms with van der Waals surface area (Å²) in [7, 11) is 0. The number of hydrogen-bond acceptors (Lipinski definition) is 6. The van der Waals surface area contributed by atoms with Crippen molar-refractivity contribution in [3.05, 3.63) is 52.9 Å². The molecule has 3 aromatic rings. The summed E-state index contributed by atoms with van der Waals surface area (Å²) >= 11 is 2.81. The monoisotopic (exact) mass is 359 g/mol. The van der Waals surface area contributed by atoms with Crippen LogP contribution in [0, 0.1) is 6.92 Å². The first-order chi connectivity index (χ1) is 11.6. The zero-order chi connectivity index (χ0) is 16.9. The van der Waals surface area contributed by atoms with Gasteiger partial charge in [0, 0.05) is 6.54 Å². The van der Waals surface area contributed by atoms with Gasteiger partial charge in [-0.2, -0.15) is 0 Å². The molecule has 6 nitrogen and oxygen atoms in total. The summed E-state index contributed by atoms with van der Waals surface area (Å²) in [4.78, 5) is 13.0. The Morgan fingerprint density at radius 3 is 2.88 bits per heavy atom. The molecule has 24 heavy (non-hydrogen) atoms. The molecule has 2 heterocycles. The van der Waals surface area contributed by atoms with E-state index in [1.165, 1.54) is 16.4 Å². The van der Waals surface area contributed by atoms with Crippen LogP contribution in [-0.2, 0) is 11.3 Å². The van der Waals surface area contributed by atoms with Crippen LogP contribution in [0.3, 0.4) is 0 Å². The molecule has 3 N–H and O–H groups in total. The predicted molar refractivity (Wildman–Crippen MR) is 97.2 cm³/mol. The van der Waals surface area contributed by atoms with Gasteiger partial charge in [0.05, 0.1) is 10.6 Å². The Morgan fingerprint density at radius 2 is 2.12 bits per heavy atom. The minimum Gasteiger partial charge on any atom is -0.351 e. The maximum atomic E-state index is 12.0. The second-order valence-corrected chi connectivity index (χ2v) is 7.04. The third-order valence-electron chi connectivity index (χ3n) is 3.48. The molecule has 0 fully saturated rings. The lowest BCUT2D eigenvalue weighted by Gasteiger charge is -2.07. The van der Waals surface area contributed by atoms with E-state index < -0.39 is 0 Å². The molecular weight excluding hydrogens is 342 g/mol. The molecule has 0 aliphatic heterocycles. The molecule has 0 spiro atoms. The van der Waals surface area contributed by atoms with Crippen LogP contribution in [0.1, 0.15) is 11.1 Å². The third kappa shape index (κ3) is 3.77. The minimum atomic E-state index is -0.0658. The summed E-state index contributed by atoms with van der Waals surface area (Å²) in [5.41, 5.74) is 2.27. The van der Waals surface area contributed by atoms with Crippen molar-refractivity contribution in [2.75, 3.05) is 11.6 Å². The van der Waals surface area contributed by atoms with Crippen LogP contribution in [0.4, 0.5) is 0 Å². The number of aromatic nitrogens is 3. The van der Waals surface area contributed by atoms with Crippen LogP contribution in [0.2, 0.25) is 0 Å². The third-order valence-corrected chi connectivity index (χ3v) is 5.28. The Labute approximate surface area is 148 Å². The first-order valence-corrected chi connectivity index (χ1v) is 9.20. The second-order valence-electron chi connectivity index (χ2n) is 5.15. The number of nitrogens with two attached hydrogens (primary N) is 1. The number of rotatable bonds is 6.